The lowest BCUT2D eigenvalue weighted by molar-refractivity contribution is 0.965. The fourth-order valence-electron chi connectivity index (χ4n) is 3.29. The van der Waals surface area contributed by atoms with E-state index in [1.807, 2.05) is 36.4 Å². The summed E-state index contributed by atoms with van der Waals surface area (Å²) in [4.78, 5) is 13.6. The molecule has 0 atom stereocenters. The second-order valence-corrected chi connectivity index (χ2v) is 7.12. The third kappa shape index (κ3) is 3.36. The van der Waals surface area contributed by atoms with Crippen molar-refractivity contribution in [3.8, 4) is 22.5 Å². The van der Waals surface area contributed by atoms with Gasteiger partial charge in [-0.25, -0.2) is 9.97 Å². The highest BCUT2D eigenvalue weighted by Crippen LogP contribution is 2.39. The normalized spacial score (nSPS) is 13.5. The molecule has 0 aliphatic heterocycles. The number of hydrogen-bond donors (Lipinski definition) is 2. The quantitative estimate of drug-likeness (QED) is 0.526. The molecule has 1 fully saturated rings. The van der Waals surface area contributed by atoms with E-state index >= 15 is 0 Å². The number of benzene rings is 1. The molecular weight excluding hydrogens is 348 g/mol. The Hall–Kier alpha value is -3.54. The third-order valence-electron chi connectivity index (χ3n) is 4.98. The molecule has 0 amide bonds. The maximum Gasteiger partial charge on any atom is 0.229 e. The molecule has 0 spiro atoms. The Morgan fingerprint density at radius 2 is 1.75 bits per heavy atom. The van der Waals surface area contributed by atoms with Crippen LogP contribution in [0.4, 0.5) is 11.8 Å². The van der Waals surface area contributed by atoms with Gasteiger partial charge in [-0.1, -0.05) is 24.3 Å². The van der Waals surface area contributed by atoms with Gasteiger partial charge in [-0.15, -0.1) is 0 Å². The second-order valence-electron chi connectivity index (χ2n) is 7.12. The monoisotopic (exact) mass is 368 g/mol. The van der Waals surface area contributed by atoms with Crippen molar-refractivity contribution in [3.05, 3.63) is 72.2 Å². The number of rotatable bonds is 5. The summed E-state index contributed by atoms with van der Waals surface area (Å²) in [6, 6.07) is 16.2. The molecule has 3 heterocycles. The first-order chi connectivity index (χ1) is 13.8. The highest BCUT2D eigenvalue weighted by Gasteiger charge is 2.25. The first-order valence-corrected chi connectivity index (χ1v) is 9.44. The van der Waals surface area contributed by atoms with Gasteiger partial charge in [-0.05, 0) is 43.5 Å². The Balaban J connectivity index is 1.57. The summed E-state index contributed by atoms with van der Waals surface area (Å²) in [5.41, 5.74) is 6.15. The van der Waals surface area contributed by atoms with E-state index in [9.17, 15) is 0 Å². The largest absolute Gasteiger partial charge is 0.307 e. The lowest BCUT2D eigenvalue weighted by Crippen LogP contribution is -2.01. The molecule has 0 bridgehead atoms. The van der Waals surface area contributed by atoms with Crippen LogP contribution in [-0.2, 0) is 0 Å². The topological polar surface area (TPSA) is 79.4 Å². The highest BCUT2D eigenvalue weighted by molar-refractivity contribution is 5.71. The van der Waals surface area contributed by atoms with Crippen molar-refractivity contribution in [1.29, 1.82) is 0 Å². The van der Waals surface area contributed by atoms with Crippen LogP contribution in [0.5, 0.6) is 0 Å². The molecular formula is C22H20N6. The Kier molecular flexibility index (Phi) is 4.09. The summed E-state index contributed by atoms with van der Waals surface area (Å²) >= 11 is 0. The van der Waals surface area contributed by atoms with Crippen molar-refractivity contribution in [1.82, 2.24) is 25.1 Å². The van der Waals surface area contributed by atoms with E-state index in [0.717, 1.165) is 28.3 Å². The minimum atomic E-state index is 0.529. The molecule has 3 aromatic heterocycles. The number of aromatic amines is 1. The van der Waals surface area contributed by atoms with Crippen LogP contribution in [0.1, 0.15) is 30.0 Å². The van der Waals surface area contributed by atoms with Crippen molar-refractivity contribution in [2.75, 3.05) is 5.32 Å². The SMILES string of the molecule is Cc1ccccc1-c1cc(-c2ccncc2)nc(Nc2cc(C3CC3)[nH]n2)n1. The van der Waals surface area contributed by atoms with Crippen LogP contribution < -0.4 is 5.32 Å². The summed E-state index contributed by atoms with van der Waals surface area (Å²) < 4.78 is 0. The predicted molar refractivity (Wildman–Crippen MR) is 109 cm³/mol. The third-order valence-corrected chi connectivity index (χ3v) is 4.98. The smallest absolute Gasteiger partial charge is 0.229 e. The van der Waals surface area contributed by atoms with Crippen LogP contribution in [0.2, 0.25) is 0 Å². The average Bonchev–Trinajstić information content (AvgIpc) is 3.48. The second kappa shape index (κ2) is 6.88. The lowest BCUT2D eigenvalue weighted by Gasteiger charge is -2.10. The number of pyridine rings is 1. The maximum absolute atomic E-state index is 4.76. The van der Waals surface area contributed by atoms with Gasteiger partial charge in [0.05, 0.1) is 11.4 Å². The van der Waals surface area contributed by atoms with E-state index in [-0.39, 0.29) is 0 Å². The van der Waals surface area contributed by atoms with E-state index in [2.05, 4.69) is 39.6 Å². The van der Waals surface area contributed by atoms with Gasteiger partial charge in [0, 0.05) is 41.2 Å². The molecule has 1 aliphatic carbocycles. The van der Waals surface area contributed by atoms with Crippen molar-refractivity contribution in [2.24, 2.45) is 0 Å². The minimum Gasteiger partial charge on any atom is -0.307 e. The molecule has 5 rings (SSSR count). The average molecular weight is 368 g/mol. The van der Waals surface area contributed by atoms with Gasteiger partial charge in [-0.3, -0.25) is 10.1 Å². The maximum atomic E-state index is 4.76. The minimum absolute atomic E-state index is 0.529. The Bertz CT molecular complexity index is 1110. The van der Waals surface area contributed by atoms with Gasteiger partial charge in [0.2, 0.25) is 5.95 Å². The number of nitrogens with one attached hydrogen (secondary N) is 2. The van der Waals surface area contributed by atoms with Gasteiger partial charge < -0.3 is 5.32 Å². The number of hydrogen-bond acceptors (Lipinski definition) is 5. The molecule has 1 aromatic carbocycles. The highest BCUT2D eigenvalue weighted by atomic mass is 15.2. The number of aryl methyl sites for hydroxylation is 1. The molecule has 0 unspecified atom stereocenters. The van der Waals surface area contributed by atoms with E-state index in [1.165, 1.54) is 24.1 Å². The zero-order chi connectivity index (χ0) is 18.9. The summed E-state index contributed by atoms with van der Waals surface area (Å²) in [6.07, 6.45) is 6.00. The summed E-state index contributed by atoms with van der Waals surface area (Å²) in [5, 5.41) is 10.7. The van der Waals surface area contributed by atoms with Gasteiger partial charge in [-0.2, -0.15) is 5.10 Å². The van der Waals surface area contributed by atoms with Crippen LogP contribution in [0, 0.1) is 6.92 Å². The van der Waals surface area contributed by atoms with Crippen LogP contribution in [0.15, 0.2) is 60.9 Å². The van der Waals surface area contributed by atoms with E-state index in [4.69, 9.17) is 9.97 Å². The standard InChI is InChI=1S/C22H20N6/c1-14-4-2-3-5-17(14)20-12-18(16-8-10-23-11-9-16)24-22(25-20)26-21-13-19(27-28-21)15-6-7-15/h2-5,8-13,15H,6-7H2,1H3,(H2,24,25,26,27,28). The first kappa shape index (κ1) is 16.6. The van der Waals surface area contributed by atoms with Crippen molar-refractivity contribution < 1.29 is 0 Å². The van der Waals surface area contributed by atoms with E-state index in [0.29, 0.717) is 11.9 Å². The van der Waals surface area contributed by atoms with Gasteiger partial charge in [0.15, 0.2) is 5.82 Å². The van der Waals surface area contributed by atoms with Crippen molar-refractivity contribution >= 4 is 11.8 Å². The van der Waals surface area contributed by atoms with Crippen molar-refractivity contribution in [2.45, 2.75) is 25.7 Å². The zero-order valence-electron chi connectivity index (χ0n) is 15.6. The van der Waals surface area contributed by atoms with E-state index < -0.39 is 0 Å². The van der Waals surface area contributed by atoms with Crippen LogP contribution in [0.25, 0.3) is 22.5 Å². The number of anilines is 2. The Morgan fingerprint density at radius 1 is 0.964 bits per heavy atom. The number of H-pyrrole nitrogens is 1. The molecule has 6 nitrogen and oxygen atoms in total. The Labute approximate surface area is 163 Å². The van der Waals surface area contributed by atoms with Gasteiger partial charge >= 0.3 is 0 Å². The lowest BCUT2D eigenvalue weighted by atomic mass is 10.0. The van der Waals surface area contributed by atoms with Crippen molar-refractivity contribution in [3.63, 3.8) is 0 Å². The molecule has 4 aromatic rings. The fourth-order valence-corrected chi connectivity index (χ4v) is 3.29. The number of nitrogens with zero attached hydrogens (tertiary/aromatic N) is 4. The summed E-state index contributed by atoms with van der Waals surface area (Å²) in [6.45, 7) is 2.09. The zero-order valence-corrected chi connectivity index (χ0v) is 15.6. The molecule has 138 valence electrons. The Morgan fingerprint density at radius 3 is 2.54 bits per heavy atom. The molecule has 0 saturated heterocycles. The summed E-state index contributed by atoms with van der Waals surface area (Å²) in [5.74, 6) is 1.89. The van der Waals surface area contributed by atoms with E-state index in [1.54, 1.807) is 12.4 Å². The fraction of sp³-hybridized carbons (Fsp3) is 0.182. The van der Waals surface area contributed by atoms with Gasteiger partial charge in [0.25, 0.3) is 0 Å². The van der Waals surface area contributed by atoms with Crippen LogP contribution in [-0.4, -0.2) is 25.1 Å². The molecule has 6 heteroatoms. The first-order valence-electron chi connectivity index (χ1n) is 9.44. The van der Waals surface area contributed by atoms with Crippen LogP contribution >= 0.6 is 0 Å². The van der Waals surface area contributed by atoms with Crippen LogP contribution in [0.3, 0.4) is 0 Å². The van der Waals surface area contributed by atoms with Gasteiger partial charge in [0.1, 0.15) is 0 Å². The molecule has 0 radical (unpaired) electrons. The molecule has 1 saturated carbocycles. The molecule has 28 heavy (non-hydrogen) atoms. The number of aromatic nitrogens is 5. The molecule has 2 N–H and O–H groups in total. The summed E-state index contributed by atoms with van der Waals surface area (Å²) in [7, 11) is 0. The molecule has 1 aliphatic rings. The predicted octanol–water partition coefficient (Wildman–Crippen LogP) is 4.86.